The van der Waals surface area contributed by atoms with Gasteiger partial charge in [-0.05, 0) is 25.3 Å². The van der Waals surface area contributed by atoms with Gasteiger partial charge >= 0.3 is 16.3 Å². The van der Waals surface area contributed by atoms with Crippen LogP contribution < -0.4 is 10.5 Å². The van der Waals surface area contributed by atoms with Crippen LogP contribution in [0, 0.1) is 5.92 Å². The molecule has 0 spiro atoms. The van der Waals surface area contributed by atoms with Gasteiger partial charge in [0.15, 0.2) is 0 Å². The number of nitrogens with two attached hydrogens (primary N) is 1. The first-order valence-electron chi connectivity index (χ1n) is 5.05. The zero-order chi connectivity index (χ0) is 12.2. The van der Waals surface area contributed by atoms with Crippen molar-refractivity contribution in [3.63, 3.8) is 0 Å². The third-order valence-electron chi connectivity index (χ3n) is 2.55. The summed E-state index contributed by atoms with van der Waals surface area (Å²) < 4.78 is 30.7. The van der Waals surface area contributed by atoms with E-state index in [0.29, 0.717) is 19.6 Å². The van der Waals surface area contributed by atoms with Crippen LogP contribution in [0.5, 0.6) is 0 Å². The number of carbonyl (C=O) groups excluding carboxylic acids is 1. The van der Waals surface area contributed by atoms with Gasteiger partial charge in [0.25, 0.3) is 0 Å². The van der Waals surface area contributed by atoms with E-state index >= 15 is 0 Å². The Bertz CT molecular complexity index is 343. The second-order valence-corrected chi connectivity index (χ2v) is 5.37. The molecule has 1 amide bonds. The molecule has 1 heterocycles. The van der Waals surface area contributed by atoms with Gasteiger partial charge in [-0.15, -0.1) is 0 Å². The first-order valence-corrected chi connectivity index (χ1v) is 6.49. The van der Waals surface area contributed by atoms with E-state index in [1.165, 1.54) is 4.31 Å². The molecule has 0 saturated carbocycles. The fraction of sp³-hybridized carbons (Fsp3) is 0.875. The van der Waals surface area contributed by atoms with Crippen molar-refractivity contribution in [1.82, 2.24) is 9.03 Å². The molecule has 1 fully saturated rings. The van der Waals surface area contributed by atoms with Crippen molar-refractivity contribution in [3.05, 3.63) is 0 Å². The largest absolute Gasteiger partial charge is 0.452 e. The number of rotatable bonds is 3. The Labute approximate surface area is 95.1 Å². The topological polar surface area (TPSA) is 102 Å². The predicted octanol–water partition coefficient (Wildman–Crippen LogP) is -0.742. The van der Waals surface area contributed by atoms with Gasteiger partial charge in [-0.1, -0.05) is 0 Å². The highest BCUT2D eigenvalue weighted by atomic mass is 32.2. The fourth-order valence-corrected chi connectivity index (χ4v) is 2.85. The zero-order valence-corrected chi connectivity index (χ0v) is 10.00. The Hall–Kier alpha value is -0.860. The maximum Gasteiger partial charge on any atom is 0.421 e. The Kier molecular flexibility index (Phi) is 4.51. The summed E-state index contributed by atoms with van der Waals surface area (Å²) in [6.45, 7) is 1.20. The van der Waals surface area contributed by atoms with Crippen molar-refractivity contribution in [3.8, 4) is 0 Å². The lowest BCUT2D eigenvalue weighted by molar-refractivity contribution is 0.176. The van der Waals surface area contributed by atoms with Gasteiger partial charge in [0.1, 0.15) is 0 Å². The van der Waals surface area contributed by atoms with Crippen molar-refractivity contribution in [2.45, 2.75) is 12.8 Å². The SMILES string of the molecule is COC(=O)NS(=O)(=O)N1CCCC(CN)C1. The monoisotopic (exact) mass is 251 g/mol. The number of amides is 1. The van der Waals surface area contributed by atoms with Crippen LogP contribution in [-0.4, -0.2) is 45.6 Å². The lowest BCUT2D eigenvalue weighted by Crippen LogP contribution is -2.48. The molecule has 8 heteroatoms. The van der Waals surface area contributed by atoms with Gasteiger partial charge < -0.3 is 10.5 Å². The van der Waals surface area contributed by atoms with Crippen LogP contribution in [0.15, 0.2) is 0 Å². The highest BCUT2D eigenvalue weighted by molar-refractivity contribution is 7.87. The third kappa shape index (κ3) is 3.32. The van der Waals surface area contributed by atoms with Crippen LogP contribution in [0.1, 0.15) is 12.8 Å². The molecule has 1 rings (SSSR count). The van der Waals surface area contributed by atoms with E-state index in [1.54, 1.807) is 0 Å². The predicted molar refractivity (Wildman–Crippen MR) is 57.8 cm³/mol. The van der Waals surface area contributed by atoms with Crippen molar-refractivity contribution in [2.24, 2.45) is 11.7 Å². The summed E-state index contributed by atoms with van der Waals surface area (Å²) in [6.07, 6.45) is 0.694. The lowest BCUT2D eigenvalue weighted by atomic mass is 10.0. The van der Waals surface area contributed by atoms with Gasteiger partial charge in [-0.25, -0.2) is 9.52 Å². The quantitative estimate of drug-likeness (QED) is 0.687. The summed E-state index contributed by atoms with van der Waals surface area (Å²) in [5, 5.41) is 0. The number of carbonyl (C=O) groups is 1. The second-order valence-electron chi connectivity index (χ2n) is 3.70. The number of nitrogens with zero attached hydrogens (tertiary/aromatic N) is 1. The van der Waals surface area contributed by atoms with E-state index in [4.69, 9.17) is 5.73 Å². The van der Waals surface area contributed by atoms with Crippen LogP contribution in [-0.2, 0) is 14.9 Å². The Morgan fingerprint density at radius 3 is 2.88 bits per heavy atom. The number of nitrogens with one attached hydrogen (secondary N) is 1. The van der Waals surface area contributed by atoms with Gasteiger partial charge in [0.2, 0.25) is 0 Å². The minimum Gasteiger partial charge on any atom is -0.452 e. The highest BCUT2D eigenvalue weighted by Crippen LogP contribution is 2.17. The standard InChI is InChI=1S/C8H17N3O4S/c1-15-8(12)10-16(13,14)11-4-2-3-7(5-9)6-11/h7H,2-6,9H2,1H3,(H,10,12). The molecule has 16 heavy (non-hydrogen) atoms. The fourth-order valence-electron chi connectivity index (χ4n) is 1.65. The number of ether oxygens (including phenoxy) is 1. The summed E-state index contributed by atoms with van der Waals surface area (Å²) in [5.74, 6) is 0.156. The first-order chi connectivity index (χ1) is 7.49. The molecular formula is C8H17N3O4S. The van der Waals surface area contributed by atoms with Crippen molar-refractivity contribution >= 4 is 16.3 Å². The maximum absolute atomic E-state index is 11.7. The average molecular weight is 251 g/mol. The van der Waals surface area contributed by atoms with E-state index in [9.17, 15) is 13.2 Å². The van der Waals surface area contributed by atoms with Crippen molar-refractivity contribution < 1.29 is 17.9 Å². The van der Waals surface area contributed by atoms with Gasteiger partial charge in [-0.2, -0.15) is 12.7 Å². The Morgan fingerprint density at radius 2 is 2.31 bits per heavy atom. The molecular weight excluding hydrogens is 234 g/mol. The molecule has 0 aromatic rings. The molecule has 0 radical (unpaired) electrons. The molecule has 3 N–H and O–H groups in total. The van der Waals surface area contributed by atoms with Crippen LogP contribution in [0.2, 0.25) is 0 Å². The molecule has 1 saturated heterocycles. The Balaban J connectivity index is 2.64. The van der Waals surface area contributed by atoms with Crippen molar-refractivity contribution in [1.29, 1.82) is 0 Å². The second kappa shape index (κ2) is 5.46. The number of piperidine rings is 1. The molecule has 1 aliphatic heterocycles. The van der Waals surface area contributed by atoms with Crippen LogP contribution in [0.3, 0.4) is 0 Å². The highest BCUT2D eigenvalue weighted by Gasteiger charge is 2.29. The summed E-state index contributed by atoms with van der Waals surface area (Å²) in [4.78, 5) is 10.9. The van der Waals surface area contributed by atoms with E-state index in [2.05, 4.69) is 4.74 Å². The van der Waals surface area contributed by atoms with E-state index < -0.39 is 16.3 Å². The summed E-state index contributed by atoms with van der Waals surface area (Å²) in [5.41, 5.74) is 5.50. The third-order valence-corrected chi connectivity index (χ3v) is 3.99. The molecule has 0 aromatic heterocycles. The van der Waals surface area contributed by atoms with E-state index in [1.807, 2.05) is 4.72 Å². The van der Waals surface area contributed by atoms with E-state index in [-0.39, 0.29) is 5.92 Å². The molecule has 1 atom stereocenters. The molecule has 94 valence electrons. The van der Waals surface area contributed by atoms with Crippen LogP contribution >= 0.6 is 0 Å². The molecule has 0 aromatic carbocycles. The summed E-state index contributed by atoms with van der Waals surface area (Å²) in [6, 6.07) is 0. The van der Waals surface area contributed by atoms with Gasteiger partial charge in [0.05, 0.1) is 7.11 Å². The number of hydrogen-bond acceptors (Lipinski definition) is 5. The lowest BCUT2D eigenvalue weighted by Gasteiger charge is -2.30. The maximum atomic E-state index is 11.7. The summed E-state index contributed by atoms with van der Waals surface area (Å²) >= 11 is 0. The zero-order valence-electron chi connectivity index (χ0n) is 9.18. The molecule has 7 nitrogen and oxygen atoms in total. The normalized spacial score (nSPS) is 22.8. The van der Waals surface area contributed by atoms with Crippen molar-refractivity contribution in [2.75, 3.05) is 26.7 Å². The van der Waals surface area contributed by atoms with Gasteiger partial charge in [-0.3, -0.25) is 0 Å². The number of hydrogen-bond donors (Lipinski definition) is 2. The average Bonchev–Trinajstić information content (AvgIpc) is 2.28. The van der Waals surface area contributed by atoms with Crippen LogP contribution in [0.4, 0.5) is 4.79 Å². The van der Waals surface area contributed by atoms with Gasteiger partial charge in [0, 0.05) is 13.1 Å². The Morgan fingerprint density at radius 1 is 1.62 bits per heavy atom. The summed E-state index contributed by atoms with van der Waals surface area (Å²) in [7, 11) is -2.67. The molecule has 1 aliphatic rings. The van der Waals surface area contributed by atoms with Crippen LogP contribution in [0.25, 0.3) is 0 Å². The minimum absolute atomic E-state index is 0.156. The van der Waals surface area contributed by atoms with E-state index in [0.717, 1.165) is 20.0 Å². The molecule has 0 aliphatic carbocycles. The first kappa shape index (κ1) is 13.2. The molecule has 0 bridgehead atoms. The smallest absolute Gasteiger partial charge is 0.421 e. The molecule has 1 unspecified atom stereocenters. The minimum atomic E-state index is -3.78. The number of methoxy groups -OCH3 is 1.